The Kier molecular flexibility index (Phi) is 5.76. The van der Waals surface area contributed by atoms with E-state index in [2.05, 4.69) is 11.8 Å². The molecule has 1 aromatic rings. The van der Waals surface area contributed by atoms with E-state index in [1.54, 1.807) is 7.11 Å². The van der Waals surface area contributed by atoms with Crippen molar-refractivity contribution >= 4 is 5.91 Å². The quantitative estimate of drug-likeness (QED) is 0.835. The molecular weight excluding hydrogens is 264 g/mol. The van der Waals surface area contributed by atoms with E-state index in [4.69, 9.17) is 4.74 Å². The Bertz CT molecular complexity index is 450. The summed E-state index contributed by atoms with van der Waals surface area (Å²) in [6, 6.07) is 8.08. The number of nitrogens with zero attached hydrogens (tertiary/aromatic N) is 2. The highest BCUT2D eigenvalue weighted by atomic mass is 16.5. The van der Waals surface area contributed by atoms with Gasteiger partial charge < -0.3 is 14.5 Å². The Hall–Kier alpha value is -1.39. The third kappa shape index (κ3) is 4.05. The fourth-order valence-corrected chi connectivity index (χ4v) is 2.90. The number of ether oxygens (including phenoxy) is 1. The van der Waals surface area contributed by atoms with Crippen LogP contribution >= 0.6 is 0 Å². The van der Waals surface area contributed by atoms with Gasteiger partial charge in [-0.25, -0.2) is 0 Å². The van der Waals surface area contributed by atoms with Gasteiger partial charge in [0.25, 0.3) is 5.91 Å². The number of benzene rings is 1. The summed E-state index contributed by atoms with van der Waals surface area (Å²) in [5.74, 6) is 0.119. The normalized spacial score (nSPS) is 16.9. The summed E-state index contributed by atoms with van der Waals surface area (Å²) in [5.41, 5.74) is 1.85. The lowest BCUT2D eigenvalue weighted by atomic mass is 10.0. The molecule has 1 aliphatic heterocycles. The first kappa shape index (κ1) is 16.0. The van der Waals surface area contributed by atoms with Crippen LogP contribution in [0.1, 0.15) is 35.7 Å². The zero-order chi connectivity index (χ0) is 15.2. The second-order valence-corrected chi connectivity index (χ2v) is 5.71. The largest absolute Gasteiger partial charge is 0.380 e. The standard InChI is InChI=1S/C17H26N2O2/c1-4-19-11-9-16(10-12-19)18(2)17(20)15-7-5-14(6-8-15)13-21-3/h5-8,16H,4,9-13H2,1-3H3. The molecule has 1 heterocycles. The summed E-state index contributed by atoms with van der Waals surface area (Å²) in [7, 11) is 3.60. The molecule has 0 atom stereocenters. The average Bonchev–Trinajstić information content (AvgIpc) is 2.54. The van der Waals surface area contributed by atoms with E-state index in [0.29, 0.717) is 12.6 Å². The zero-order valence-electron chi connectivity index (χ0n) is 13.3. The number of piperidine rings is 1. The van der Waals surface area contributed by atoms with E-state index < -0.39 is 0 Å². The number of rotatable bonds is 5. The Morgan fingerprint density at radius 1 is 1.29 bits per heavy atom. The monoisotopic (exact) mass is 290 g/mol. The van der Waals surface area contributed by atoms with Crippen LogP contribution in [0.25, 0.3) is 0 Å². The van der Waals surface area contributed by atoms with Gasteiger partial charge in [0.1, 0.15) is 0 Å². The highest BCUT2D eigenvalue weighted by molar-refractivity contribution is 5.94. The Labute approximate surface area is 127 Å². The predicted molar refractivity (Wildman–Crippen MR) is 84.4 cm³/mol. The lowest BCUT2D eigenvalue weighted by Gasteiger charge is -2.36. The van der Waals surface area contributed by atoms with Crippen molar-refractivity contribution < 1.29 is 9.53 Å². The molecule has 116 valence electrons. The topological polar surface area (TPSA) is 32.8 Å². The molecule has 2 rings (SSSR count). The molecule has 0 N–H and O–H groups in total. The highest BCUT2D eigenvalue weighted by Crippen LogP contribution is 2.17. The first-order valence-electron chi connectivity index (χ1n) is 7.73. The molecule has 1 aliphatic rings. The predicted octanol–water partition coefficient (Wildman–Crippen LogP) is 2.39. The van der Waals surface area contributed by atoms with Crippen LogP contribution in [0.15, 0.2) is 24.3 Å². The third-order valence-electron chi connectivity index (χ3n) is 4.38. The van der Waals surface area contributed by atoms with Crippen LogP contribution in [0, 0.1) is 0 Å². The van der Waals surface area contributed by atoms with Crippen LogP contribution in [-0.2, 0) is 11.3 Å². The summed E-state index contributed by atoms with van der Waals surface area (Å²) in [4.78, 5) is 16.9. The van der Waals surface area contributed by atoms with Crippen molar-refractivity contribution in [1.82, 2.24) is 9.80 Å². The number of hydrogen-bond donors (Lipinski definition) is 0. The Morgan fingerprint density at radius 3 is 2.43 bits per heavy atom. The van der Waals surface area contributed by atoms with Crippen molar-refractivity contribution in [3.63, 3.8) is 0 Å². The second-order valence-electron chi connectivity index (χ2n) is 5.71. The number of likely N-dealkylation sites (tertiary alicyclic amines) is 1. The molecule has 1 fully saturated rings. The minimum absolute atomic E-state index is 0.119. The maximum absolute atomic E-state index is 12.5. The molecule has 0 bridgehead atoms. The third-order valence-corrected chi connectivity index (χ3v) is 4.38. The van der Waals surface area contributed by atoms with Crippen LogP contribution in [0.2, 0.25) is 0 Å². The van der Waals surface area contributed by atoms with Gasteiger partial charge in [0, 0.05) is 38.9 Å². The number of carbonyl (C=O) groups excluding carboxylic acids is 1. The van der Waals surface area contributed by atoms with Gasteiger partial charge in [-0.3, -0.25) is 4.79 Å². The van der Waals surface area contributed by atoms with Gasteiger partial charge in [-0.2, -0.15) is 0 Å². The van der Waals surface area contributed by atoms with Crippen LogP contribution in [0.4, 0.5) is 0 Å². The number of carbonyl (C=O) groups is 1. The van der Waals surface area contributed by atoms with E-state index in [1.165, 1.54) is 0 Å². The maximum Gasteiger partial charge on any atom is 0.253 e. The summed E-state index contributed by atoms with van der Waals surface area (Å²) in [5, 5.41) is 0. The molecule has 21 heavy (non-hydrogen) atoms. The second kappa shape index (κ2) is 7.57. The van der Waals surface area contributed by atoms with Crippen LogP contribution in [-0.4, -0.2) is 55.5 Å². The van der Waals surface area contributed by atoms with Crippen molar-refractivity contribution in [3.8, 4) is 0 Å². The molecule has 4 heteroatoms. The molecule has 4 nitrogen and oxygen atoms in total. The van der Waals surface area contributed by atoms with Crippen LogP contribution in [0.3, 0.4) is 0 Å². The lowest BCUT2D eigenvalue weighted by molar-refractivity contribution is 0.0647. The first-order chi connectivity index (χ1) is 10.2. The Balaban J connectivity index is 1.95. The molecule has 0 unspecified atom stereocenters. The van der Waals surface area contributed by atoms with Gasteiger partial charge in [-0.05, 0) is 37.1 Å². The maximum atomic E-state index is 12.5. The minimum atomic E-state index is 0.119. The van der Waals surface area contributed by atoms with Crippen molar-refractivity contribution in [3.05, 3.63) is 35.4 Å². The highest BCUT2D eigenvalue weighted by Gasteiger charge is 2.25. The number of amides is 1. The molecule has 1 amide bonds. The van der Waals surface area contributed by atoms with Gasteiger partial charge in [-0.15, -0.1) is 0 Å². The number of hydrogen-bond acceptors (Lipinski definition) is 3. The van der Waals surface area contributed by atoms with E-state index in [1.807, 2.05) is 36.2 Å². The summed E-state index contributed by atoms with van der Waals surface area (Å²) in [6.07, 6.45) is 2.13. The van der Waals surface area contributed by atoms with Crippen LogP contribution < -0.4 is 0 Å². The van der Waals surface area contributed by atoms with Crippen molar-refractivity contribution in [2.45, 2.75) is 32.4 Å². The van der Waals surface area contributed by atoms with E-state index >= 15 is 0 Å². The SMILES string of the molecule is CCN1CCC(N(C)C(=O)c2ccc(COC)cc2)CC1. The summed E-state index contributed by atoms with van der Waals surface area (Å²) in [6.45, 7) is 6.05. The van der Waals surface area contributed by atoms with Crippen molar-refractivity contribution in [2.24, 2.45) is 0 Å². The molecule has 1 saturated heterocycles. The van der Waals surface area contributed by atoms with E-state index in [9.17, 15) is 4.79 Å². The van der Waals surface area contributed by atoms with Gasteiger partial charge in [0.05, 0.1) is 6.61 Å². The minimum Gasteiger partial charge on any atom is -0.380 e. The van der Waals surface area contributed by atoms with Gasteiger partial charge in [-0.1, -0.05) is 19.1 Å². The number of methoxy groups -OCH3 is 1. The lowest BCUT2D eigenvalue weighted by Crippen LogP contribution is -2.45. The van der Waals surface area contributed by atoms with Crippen molar-refractivity contribution in [1.29, 1.82) is 0 Å². The van der Waals surface area contributed by atoms with Gasteiger partial charge in [0.15, 0.2) is 0 Å². The molecular formula is C17H26N2O2. The van der Waals surface area contributed by atoms with Crippen LogP contribution in [0.5, 0.6) is 0 Å². The first-order valence-corrected chi connectivity index (χ1v) is 7.73. The smallest absolute Gasteiger partial charge is 0.253 e. The Morgan fingerprint density at radius 2 is 1.90 bits per heavy atom. The molecule has 0 aromatic heterocycles. The van der Waals surface area contributed by atoms with E-state index in [-0.39, 0.29) is 5.91 Å². The zero-order valence-corrected chi connectivity index (χ0v) is 13.3. The average molecular weight is 290 g/mol. The molecule has 0 aliphatic carbocycles. The summed E-state index contributed by atoms with van der Waals surface area (Å²) < 4.78 is 5.09. The van der Waals surface area contributed by atoms with Gasteiger partial charge in [0.2, 0.25) is 0 Å². The molecule has 0 saturated carbocycles. The fraction of sp³-hybridized carbons (Fsp3) is 0.588. The molecule has 0 spiro atoms. The fourth-order valence-electron chi connectivity index (χ4n) is 2.90. The van der Waals surface area contributed by atoms with E-state index in [0.717, 1.165) is 43.6 Å². The molecule has 1 aromatic carbocycles. The van der Waals surface area contributed by atoms with Gasteiger partial charge >= 0.3 is 0 Å². The molecule has 0 radical (unpaired) electrons. The summed E-state index contributed by atoms with van der Waals surface area (Å²) >= 11 is 0. The van der Waals surface area contributed by atoms with Crippen molar-refractivity contribution in [2.75, 3.05) is 33.8 Å².